The van der Waals surface area contributed by atoms with Crippen LogP contribution < -0.4 is 5.32 Å². The molecule has 1 aliphatic carbocycles. The quantitative estimate of drug-likeness (QED) is 0.822. The second-order valence-electron chi connectivity index (χ2n) is 3.76. The SMILES string of the molecule is O=C(Nc1ccc(Cl)c(Br)c1)C1CC=CC1. The first kappa shape index (κ1) is 11.7. The van der Waals surface area contributed by atoms with E-state index in [9.17, 15) is 4.79 Å². The van der Waals surface area contributed by atoms with Crippen LogP contribution in [-0.2, 0) is 4.79 Å². The van der Waals surface area contributed by atoms with E-state index in [1.165, 1.54) is 0 Å². The predicted molar refractivity (Wildman–Crippen MR) is 69.6 cm³/mol. The Kier molecular flexibility index (Phi) is 3.66. The molecule has 16 heavy (non-hydrogen) atoms. The summed E-state index contributed by atoms with van der Waals surface area (Å²) in [5, 5.41) is 3.52. The van der Waals surface area contributed by atoms with Crippen LogP contribution in [0.25, 0.3) is 0 Å². The summed E-state index contributed by atoms with van der Waals surface area (Å²) in [6.45, 7) is 0. The minimum Gasteiger partial charge on any atom is -0.326 e. The second-order valence-corrected chi connectivity index (χ2v) is 5.02. The molecule has 0 saturated carbocycles. The number of allylic oxidation sites excluding steroid dienone is 2. The zero-order valence-corrected chi connectivity index (χ0v) is 10.9. The molecule has 0 aromatic heterocycles. The number of nitrogens with one attached hydrogen (secondary N) is 1. The smallest absolute Gasteiger partial charge is 0.228 e. The first-order chi connectivity index (χ1) is 7.66. The van der Waals surface area contributed by atoms with Gasteiger partial charge in [0.25, 0.3) is 0 Å². The summed E-state index contributed by atoms with van der Waals surface area (Å²) < 4.78 is 0.788. The monoisotopic (exact) mass is 299 g/mol. The lowest BCUT2D eigenvalue weighted by molar-refractivity contribution is -0.119. The van der Waals surface area contributed by atoms with Gasteiger partial charge in [-0.3, -0.25) is 4.79 Å². The maximum atomic E-state index is 11.8. The summed E-state index contributed by atoms with van der Waals surface area (Å²) in [4.78, 5) is 11.8. The largest absolute Gasteiger partial charge is 0.326 e. The average molecular weight is 301 g/mol. The molecule has 4 heteroatoms. The Morgan fingerprint density at radius 3 is 2.69 bits per heavy atom. The van der Waals surface area contributed by atoms with Crippen molar-refractivity contribution in [2.45, 2.75) is 12.8 Å². The van der Waals surface area contributed by atoms with E-state index in [4.69, 9.17) is 11.6 Å². The third-order valence-electron chi connectivity index (χ3n) is 2.57. The number of anilines is 1. The lowest BCUT2D eigenvalue weighted by atomic mass is 10.1. The van der Waals surface area contributed by atoms with Crippen LogP contribution in [0, 0.1) is 5.92 Å². The molecule has 2 nitrogen and oxygen atoms in total. The predicted octanol–water partition coefficient (Wildman–Crippen LogP) is 4.01. The van der Waals surface area contributed by atoms with Crippen molar-refractivity contribution in [1.82, 2.24) is 0 Å². The van der Waals surface area contributed by atoms with Crippen LogP contribution in [0.1, 0.15) is 12.8 Å². The number of rotatable bonds is 2. The molecule has 84 valence electrons. The molecule has 1 aliphatic rings. The molecule has 0 bridgehead atoms. The van der Waals surface area contributed by atoms with Gasteiger partial charge in [0.1, 0.15) is 0 Å². The van der Waals surface area contributed by atoms with Crippen molar-refractivity contribution in [3.63, 3.8) is 0 Å². The third-order valence-corrected chi connectivity index (χ3v) is 3.78. The van der Waals surface area contributed by atoms with Crippen LogP contribution in [0.5, 0.6) is 0 Å². The summed E-state index contributed by atoms with van der Waals surface area (Å²) in [5.41, 5.74) is 0.771. The highest BCUT2D eigenvalue weighted by Crippen LogP contribution is 2.26. The highest BCUT2D eigenvalue weighted by molar-refractivity contribution is 9.10. The Labute approximate surface area is 108 Å². The average Bonchev–Trinajstić information content (AvgIpc) is 2.77. The topological polar surface area (TPSA) is 29.1 Å². The van der Waals surface area contributed by atoms with Gasteiger partial charge in [-0.15, -0.1) is 0 Å². The molecule has 2 rings (SSSR count). The standard InChI is InChI=1S/C12H11BrClNO/c13-10-7-9(5-6-11(10)14)15-12(16)8-3-1-2-4-8/h1-2,5-8H,3-4H2,(H,15,16). The number of amides is 1. The van der Waals surface area contributed by atoms with Gasteiger partial charge in [0.15, 0.2) is 0 Å². The third kappa shape index (κ3) is 2.66. The molecule has 1 aromatic carbocycles. The van der Waals surface area contributed by atoms with Gasteiger partial charge >= 0.3 is 0 Å². The van der Waals surface area contributed by atoms with Crippen molar-refractivity contribution in [2.75, 3.05) is 5.32 Å². The molecule has 0 fully saturated rings. The Hall–Kier alpha value is -0.800. The zero-order valence-electron chi connectivity index (χ0n) is 8.54. The normalized spacial score (nSPS) is 15.4. The Morgan fingerprint density at radius 2 is 2.06 bits per heavy atom. The lowest BCUT2D eigenvalue weighted by Crippen LogP contribution is -2.20. The molecule has 0 radical (unpaired) electrons. The maximum absolute atomic E-state index is 11.8. The van der Waals surface area contributed by atoms with Gasteiger partial charge in [0.05, 0.1) is 5.02 Å². The van der Waals surface area contributed by atoms with E-state index in [0.29, 0.717) is 5.02 Å². The van der Waals surface area contributed by atoms with Crippen molar-refractivity contribution in [2.24, 2.45) is 5.92 Å². The van der Waals surface area contributed by atoms with Crippen LogP contribution in [0.3, 0.4) is 0 Å². The fourth-order valence-electron chi connectivity index (χ4n) is 1.65. The van der Waals surface area contributed by atoms with E-state index >= 15 is 0 Å². The van der Waals surface area contributed by atoms with Gasteiger partial charge in [-0.05, 0) is 47.0 Å². The Balaban J connectivity index is 2.03. The van der Waals surface area contributed by atoms with E-state index in [1.807, 2.05) is 18.2 Å². The molecular formula is C12H11BrClNO. The summed E-state index contributed by atoms with van der Waals surface area (Å²) >= 11 is 9.20. The fourth-order valence-corrected chi connectivity index (χ4v) is 2.15. The highest BCUT2D eigenvalue weighted by atomic mass is 79.9. The Morgan fingerprint density at radius 1 is 1.38 bits per heavy atom. The first-order valence-corrected chi connectivity index (χ1v) is 6.25. The molecule has 0 unspecified atom stereocenters. The number of hydrogen-bond donors (Lipinski definition) is 1. The molecule has 1 aromatic rings. The number of hydrogen-bond acceptors (Lipinski definition) is 1. The summed E-state index contributed by atoms with van der Waals surface area (Å²) in [6, 6.07) is 5.37. The molecule has 0 saturated heterocycles. The summed E-state index contributed by atoms with van der Waals surface area (Å²) in [5.74, 6) is 0.147. The first-order valence-electron chi connectivity index (χ1n) is 5.08. The fraction of sp³-hybridized carbons (Fsp3) is 0.250. The highest BCUT2D eigenvalue weighted by Gasteiger charge is 2.19. The van der Waals surface area contributed by atoms with Crippen molar-refractivity contribution < 1.29 is 4.79 Å². The van der Waals surface area contributed by atoms with E-state index in [1.54, 1.807) is 12.1 Å². The van der Waals surface area contributed by atoms with E-state index in [2.05, 4.69) is 21.2 Å². The molecule has 0 spiro atoms. The van der Waals surface area contributed by atoms with E-state index in [-0.39, 0.29) is 11.8 Å². The van der Waals surface area contributed by atoms with E-state index < -0.39 is 0 Å². The van der Waals surface area contributed by atoms with Crippen LogP contribution in [0.2, 0.25) is 5.02 Å². The zero-order chi connectivity index (χ0) is 11.5. The van der Waals surface area contributed by atoms with Gasteiger partial charge < -0.3 is 5.32 Å². The van der Waals surface area contributed by atoms with Gasteiger partial charge in [0, 0.05) is 16.1 Å². The molecule has 0 atom stereocenters. The van der Waals surface area contributed by atoms with Gasteiger partial charge in [-0.25, -0.2) is 0 Å². The minimum atomic E-state index is 0.0687. The number of carbonyl (C=O) groups is 1. The second kappa shape index (κ2) is 5.02. The van der Waals surface area contributed by atoms with Crippen LogP contribution in [0.15, 0.2) is 34.8 Å². The number of benzene rings is 1. The van der Waals surface area contributed by atoms with Gasteiger partial charge in [-0.2, -0.15) is 0 Å². The lowest BCUT2D eigenvalue weighted by Gasteiger charge is -2.10. The minimum absolute atomic E-state index is 0.0687. The van der Waals surface area contributed by atoms with Crippen molar-refractivity contribution in [1.29, 1.82) is 0 Å². The molecule has 0 aliphatic heterocycles. The van der Waals surface area contributed by atoms with Crippen LogP contribution in [-0.4, -0.2) is 5.91 Å². The number of carbonyl (C=O) groups excluding carboxylic acids is 1. The molecule has 0 heterocycles. The van der Waals surface area contributed by atoms with Crippen LogP contribution in [0.4, 0.5) is 5.69 Å². The summed E-state index contributed by atoms with van der Waals surface area (Å²) in [6.07, 6.45) is 5.76. The van der Waals surface area contributed by atoms with E-state index in [0.717, 1.165) is 23.0 Å². The maximum Gasteiger partial charge on any atom is 0.228 e. The van der Waals surface area contributed by atoms with Gasteiger partial charge in [0.2, 0.25) is 5.91 Å². The molecule has 1 N–H and O–H groups in total. The number of halogens is 2. The van der Waals surface area contributed by atoms with Crippen molar-refractivity contribution in [3.8, 4) is 0 Å². The van der Waals surface area contributed by atoms with Crippen LogP contribution >= 0.6 is 27.5 Å². The summed E-state index contributed by atoms with van der Waals surface area (Å²) in [7, 11) is 0. The molecular weight excluding hydrogens is 289 g/mol. The molecule has 1 amide bonds. The van der Waals surface area contributed by atoms with Crippen molar-refractivity contribution >= 4 is 39.1 Å². The van der Waals surface area contributed by atoms with Gasteiger partial charge in [-0.1, -0.05) is 23.8 Å². The Bertz CT molecular complexity index is 437. The van der Waals surface area contributed by atoms with Crippen molar-refractivity contribution in [3.05, 3.63) is 39.8 Å².